The molecule has 1 aromatic carbocycles. The number of aromatic nitrogens is 2. The van der Waals surface area contributed by atoms with Crippen LogP contribution in [0.25, 0.3) is 0 Å². The number of carbonyl (C=O) groups is 1. The number of nitrogens with one attached hydrogen (secondary N) is 1. The summed E-state index contributed by atoms with van der Waals surface area (Å²) in [5, 5.41) is 3.35. The molecule has 3 rings (SSSR count). The molecule has 1 N–H and O–H groups in total. The molecule has 0 radical (unpaired) electrons. The maximum Gasteiger partial charge on any atom is 0.415 e. The molecule has 0 bridgehead atoms. The maximum atomic E-state index is 12.2. The summed E-state index contributed by atoms with van der Waals surface area (Å²) in [4.78, 5) is 22.9. The van der Waals surface area contributed by atoms with Crippen molar-refractivity contribution in [3.05, 3.63) is 47.2 Å². The predicted molar refractivity (Wildman–Crippen MR) is 102 cm³/mol. The molecule has 2 aromatic rings. The van der Waals surface area contributed by atoms with E-state index in [4.69, 9.17) is 4.74 Å². The quantitative estimate of drug-likeness (QED) is 0.869. The van der Waals surface area contributed by atoms with Crippen LogP contribution in [0.5, 0.6) is 0 Å². The second-order valence-corrected chi connectivity index (χ2v) is 7.23. The van der Waals surface area contributed by atoms with Gasteiger partial charge in [0.2, 0.25) is 5.95 Å². The summed E-state index contributed by atoms with van der Waals surface area (Å²) in [6.07, 6.45) is -0.348. The van der Waals surface area contributed by atoms with Crippen LogP contribution >= 0.6 is 0 Å². The molecule has 1 aliphatic heterocycles. The maximum absolute atomic E-state index is 12.2. The molecule has 2 atom stereocenters. The van der Waals surface area contributed by atoms with Gasteiger partial charge in [0.05, 0.1) is 12.1 Å². The second kappa shape index (κ2) is 7.32. The second-order valence-electron chi connectivity index (χ2n) is 7.23. The van der Waals surface area contributed by atoms with Crippen molar-refractivity contribution in [1.29, 1.82) is 0 Å². The van der Waals surface area contributed by atoms with E-state index in [9.17, 15) is 4.79 Å². The third kappa shape index (κ3) is 3.79. The molecule has 138 valence electrons. The van der Waals surface area contributed by atoms with Gasteiger partial charge in [-0.2, -0.15) is 4.98 Å². The number of rotatable bonds is 5. The first-order chi connectivity index (χ1) is 12.3. The Morgan fingerprint density at radius 1 is 1.19 bits per heavy atom. The summed E-state index contributed by atoms with van der Waals surface area (Å²) in [7, 11) is 0. The van der Waals surface area contributed by atoms with E-state index < -0.39 is 0 Å². The molecular weight excluding hydrogens is 328 g/mol. The lowest BCUT2D eigenvalue weighted by Crippen LogP contribution is -2.38. The molecule has 1 fully saturated rings. The lowest BCUT2D eigenvalue weighted by atomic mass is 10.0. The monoisotopic (exact) mass is 354 g/mol. The Morgan fingerprint density at radius 2 is 1.96 bits per heavy atom. The third-order valence-corrected chi connectivity index (χ3v) is 4.65. The molecule has 1 aromatic heterocycles. The zero-order valence-corrected chi connectivity index (χ0v) is 16.0. The summed E-state index contributed by atoms with van der Waals surface area (Å²) >= 11 is 0. The SMILES string of the molecule is Cc1cccc([C@H](C)Nc2nc(C)cc(N3C(=O)OC[C@@H]3C(C)C)n2)c1. The summed E-state index contributed by atoms with van der Waals surface area (Å²) in [6.45, 7) is 10.6. The van der Waals surface area contributed by atoms with Crippen molar-refractivity contribution in [2.75, 3.05) is 16.8 Å². The fourth-order valence-electron chi connectivity index (χ4n) is 3.15. The first kappa shape index (κ1) is 18.2. The highest BCUT2D eigenvalue weighted by atomic mass is 16.6. The van der Waals surface area contributed by atoms with E-state index in [0.717, 1.165) is 11.3 Å². The van der Waals surface area contributed by atoms with E-state index in [0.29, 0.717) is 18.4 Å². The van der Waals surface area contributed by atoms with Crippen LogP contribution in [0.4, 0.5) is 16.6 Å². The third-order valence-electron chi connectivity index (χ3n) is 4.65. The molecule has 1 amide bonds. The van der Waals surface area contributed by atoms with Crippen LogP contribution in [-0.4, -0.2) is 28.7 Å². The van der Waals surface area contributed by atoms with Crippen LogP contribution in [0.15, 0.2) is 30.3 Å². The Bertz CT molecular complexity index is 806. The van der Waals surface area contributed by atoms with Gasteiger partial charge in [-0.3, -0.25) is 4.90 Å². The highest BCUT2D eigenvalue weighted by Crippen LogP contribution is 2.27. The van der Waals surface area contributed by atoms with Crippen LogP contribution in [0.1, 0.15) is 43.6 Å². The van der Waals surface area contributed by atoms with Gasteiger partial charge in [0.25, 0.3) is 0 Å². The average Bonchev–Trinajstić information content (AvgIpc) is 2.96. The van der Waals surface area contributed by atoms with Gasteiger partial charge in [0.1, 0.15) is 12.4 Å². The summed E-state index contributed by atoms with van der Waals surface area (Å²) < 4.78 is 5.24. The Kier molecular flexibility index (Phi) is 5.11. The molecule has 0 spiro atoms. The minimum atomic E-state index is -0.348. The van der Waals surface area contributed by atoms with Gasteiger partial charge in [-0.15, -0.1) is 0 Å². The van der Waals surface area contributed by atoms with Crippen molar-refractivity contribution in [2.24, 2.45) is 5.92 Å². The van der Waals surface area contributed by atoms with Crippen molar-refractivity contribution in [1.82, 2.24) is 9.97 Å². The highest BCUT2D eigenvalue weighted by molar-refractivity contribution is 5.89. The smallest absolute Gasteiger partial charge is 0.415 e. The number of benzene rings is 1. The molecule has 26 heavy (non-hydrogen) atoms. The lowest BCUT2D eigenvalue weighted by molar-refractivity contribution is 0.177. The number of cyclic esters (lactones) is 1. The van der Waals surface area contributed by atoms with E-state index >= 15 is 0 Å². The molecule has 6 heteroatoms. The van der Waals surface area contributed by atoms with Crippen LogP contribution in [0, 0.1) is 19.8 Å². The van der Waals surface area contributed by atoms with Gasteiger partial charge in [-0.05, 0) is 32.3 Å². The first-order valence-electron chi connectivity index (χ1n) is 9.00. The van der Waals surface area contributed by atoms with Gasteiger partial charge in [0, 0.05) is 11.8 Å². The number of hydrogen-bond donors (Lipinski definition) is 1. The van der Waals surface area contributed by atoms with Crippen LogP contribution in [0.3, 0.4) is 0 Å². The van der Waals surface area contributed by atoms with E-state index in [2.05, 4.69) is 61.2 Å². The normalized spacial score (nSPS) is 18.2. The van der Waals surface area contributed by atoms with Gasteiger partial charge in [-0.25, -0.2) is 9.78 Å². The topological polar surface area (TPSA) is 67.4 Å². The average molecular weight is 354 g/mol. The number of carbonyl (C=O) groups excluding carboxylic acids is 1. The van der Waals surface area contributed by atoms with Crippen molar-refractivity contribution in [2.45, 2.75) is 46.7 Å². The fourth-order valence-corrected chi connectivity index (χ4v) is 3.15. The first-order valence-corrected chi connectivity index (χ1v) is 9.00. The number of amides is 1. The van der Waals surface area contributed by atoms with Crippen LogP contribution in [0.2, 0.25) is 0 Å². The lowest BCUT2D eigenvalue weighted by Gasteiger charge is -2.24. The number of nitrogens with zero attached hydrogens (tertiary/aromatic N) is 3. The number of hydrogen-bond acceptors (Lipinski definition) is 5. The van der Waals surface area contributed by atoms with Gasteiger partial charge in [0.15, 0.2) is 0 Å². The van der Waals surface area contributed by atoms with Gasteiger partial charge in [-0.1, -0.05) is 43.7 Å². The summed E-state index contributed by atoms with van der Waals surface area (Å²) in [6, 6.07) is 10.2. The molecule has 0 saturated carbocycles. The zero-order chi connectivity index (χ0) is 18.8. The fraction of sp³-hybridized carbons (Fsp3) is 0.450. The molecule has 0 unspecified atom stereocenters. The van der Waals surface area contributed by atoms with E-state index in [-0.39, 0.29) is 24.1 Å². The van der Waals surface area contributed by atoms with Crippen molar-refractivity contribution < 1.29 is 9.53 Å². The standard InChI is InChI=1S/C20H26N4O2/c1-12(2)17-11-26-20(25)24(17)18-10-14(4)21-19(23-18)22-15(5)16-8-6-7-13(3)9-16/h6-10,12,15,17H,11H2,1-5H3,(H,21,22,23)/t15-,17+/m0/s1. The molecule has 6 nitrogen and oxygen atoms in total. The van der Waals surface area contributed by atoms with Crippen molar-refractivity contribution in [3.63, 3.8) is 0 Å². The van der Waals surface area contributed by atoms with Crippen molar-refractivity contribution >= 4 is 17.9 Å². The predicted octanol–water partition coefficient (Wildman–Crippen LogP) is 4.25. The molecule has 0 aliphatic carbocycles. The van der Waals surface area contributed by atoms with Crippen LogP contribution in [-0.2, 0) is 4.74 Å². The van der Waals surface area contributed by atoms with Crippen molar-refractivity contribution in [3.8, 4) is 0 Å². The summed E-state index contributed by atoms with van der Waals surface area (Å²) in [5.41, 5.74) is 3.18. The molecule has 1 aliphatic rings. The number of aryl methyl sites for hydroxylation is 2. The van der Waals surface area contributed by atoms with E-state index in [1.807, 2.05) is 19.1 Å². The van der Waals surface area contributed by atoms with Gasteiger partial charge < -0.3 is 10.1 Å². The highest BCUT2D eigenvalue weighted by Gasteiger charge is 2.37. The molecular formula is C20H26N4O2. The Hall–Kier alpha value is -2.63. The van der Waals surface area contributed by atoms with Gasteiger partial charge >= 0.3 is 6.09 Å². The minimum Gasteiger partial charge on any atom is -0.447 e. The Labute approximate surface area is 154 Å². The molecule has 2 heterocycles. The minimum absolute atomic E-state index is 0.0150. The molecule has 1 saturated heterocycles. The van der Waals surface area contributed by atoms with Crippen LogP contribution < -0.4 is 10.2 Å². The Balaban J connectivity index is 1.87. The zero-order valence-electron chi connectivity index (χ0n) is 16.0. The Morgan fingerprint density at radius 3 is 2.65 bits per heavy atom. The number of anilines is 2. The number of ether oxygens (including phenoxy) is 1. The summed E-state index contributed by atoms with van der Waals surface area (Å²) in [5.74, 6) is 1.37. The van der Waals surface area contributed by atoms with E-state index in [1.54, 1.807) is 4.90 Å². The largest absolute Gasteiger partial charge is 0.447 e. The van der Waals surface area contributed by atoms with E-state index in [1.165, 1.54) is 5.56 Å².